The summed E-state index contributed by atoms with van der Waals surface area (Å²) in [4.78, 5) is 2.82. The predicted molar refractivity (Wildman–Crippen MR) is 66.8 cm³/mol. The smallest absolute Gasteiger partial charge is 0.0304 e. The molecular weight excluding hydrogens is 224 g/mol. The Morgan fingerprint density at radius 2 is 2.06 bits per heavy atom. The zero-order valence-electron chi connectivity index (χ0n) is 8.91. The van der Waals surface area contributed by atoms with Crippen molar-refractivity contribution in [3.05, 3.63) is 46.3 Å². The van der Waals surface area contributed by atoms with Gasteiger partial charge in [-0.15, -0.1) is 12.4 Å². The Labute approximate surface area is 101 Å². The largest absolute Gasteiger partial charge is 0.316 e. The van der Waals surface area contributed by atoms with Gasteiger partial charge in [0.2, 0.25) is 0 Å². The lowest BCUT2D eigenvalue weighted by Gasteiger charge is -2.16. The van der Waals surface area contributed by atoms with Crippen LogP contribution in [0.4, 0.5) is 0 Å². The van der Waals surface area contributed by atoms with Gasteiger partial charge in [0.05, 0.1) is 0 Å². The van der Waals surface area contributed by atoms with E-state index in [4.69, 9.17) is 5.53 Å². The molecule has 2 rings (SSSR count). The van der Waals surface area contributed by atoms with Gasteiger partial charge in [0.25, 0.3) is 0 Å². The Kier molecular flexibility index (Phi) is 5.12. The molecule has 1 heterocycles. The molecule has 1 fully saturated rings. The molecule has 1 aliphatic rings. The SMILES string of the molecule is Cl.[N-]=[N+]=NCC1CNCC1c1ccccc1. The molecule has 2 unspecified atom stereocenters. The maximum Gasteiger partial charge on any atom is 0.0304 e. The summed E-state index contributed by atoms with van der Waals surface area (Å²) in [6, 6.07) is 10.4. The van der Waals surface area contributed by atoms with Crippen LogP contribution >= 0.6 is 12.4 Å². The Balaban J connectivity index is 0.00000128. The molecule has 1 aliphatic heterocycles. The number of hydrogen-bond acceptors (Lipinski definition) is 2. The molecule has 2 atom stereocenters. The van der Waals surface area contributed by atoms with Gasteiger partial charge < -0.3 is 5.32 Å². The second kappa shape index (κ2) is 6.38. The van der Waals surface area contributed by atoms with Crippen LogP contribution in [0.5, 0.6) is 0 Å². The average molecular weight is 239 g/mol. The molecule has 1 aromatic rings. The minimum absolute atomic E-state index is 0. The molecule has 0 spiro atoms. The maximum atomic E-state index is 8.32. The predicted octanol–water partition coefficient (Wildman–Crippen LogP) is 2.72. The number of benzene rings is 1. The van der Waals surface area contributed by atoms with Gasteiger partial charge in [-0.1, -0.05) is 35.4 Å². The number of nitrogens with zero attached hydrogens (tertiary/aromatic N) is 3. The van der Waals surface area contributed by atoms with Crippen molar-refractivity contribution in [2.45, 2.75) is 5.92 Å². The van der Waals surface area contributed by atoms with Crippen molar-refractivity contribution in [2.75, 3.05) is 19.6 Å². The molecule has 0 bridgehead atoms. The summed E-state index contributed by atoms with van der Waals surface area (Å²) in [7, 11) is 0. The van der Waals surface area contributed by atoms with Crippen LogP contribution in [0.1, 0.15) is 11.5 Å². The second-order valence-electron chi connectivity index (χ2n) is 3.85. The number of azide groups is 1. The quantitative estimate of drug-likeness (QED) is 0.491. The van der Waals surface area contributed by atoms with E-state index in [-0.39, 0.29) is 12.4 Å². The monoisotopic (exact) mass is 238 g/mol. The van der Waals surface area contributed by atoms with E-state index in [0.29, 0.717) is 18.4 Å². The summed E-state index contributed by atoms with van der Waals surface area (Å²) in [5.74, 6) is 0.917. The molecule has 16 heavy (non-hydrogen) atoms. The fraction of sp³-hybridized carbons (Fsp3) is 0.455. The first-order chi connectivity index (χ1) is 7.42. The molecule has 0 aliphatic carbocycles. The van der Waals surface area contributed by atoms with E-state index in [1.165, 1.54) is 5.56 Å². The fourth-order valence-electron chi connectivity index (χ4n) is 2.16. The first-order valence-corrected chi connectivity index (χ1v) is 5.18. The molecule has 1 aromatic carbocycles. The fourth-order valence-corrected chi connectivity index (χ4v) is 2.16. The normalized spacial score (nSPS) is 23.2. The Morgan fingerprint density at radius 3 is 2.75 bits per heavy atom. The van der Waals surface area contributed by atoms with E-state index in [1.807, 2.05) is 6.07 Å². The lowest BCUT2D eigenvalue weighted by molar-refractivity contribution is 0.530. The van der Waals surface area contributed by atoms with Gasteiger partial charge in [-0.3, -0.25) is 0 Å². The highest BCUT2D eigenvalue weighted by molar-refractivity contribution is 5.85. The average Bonchev–Trinajstić information content (AvgIpc) is 2.75. The van der Waals surface area contributed by atoms with Crippen LogP contribution in [-0.2, 0) is 0 Å². The lowest BCUT2D eigenvalue weighted by atomic mass is 9.89. The number of hydrogen-bond donors (Lipinski definition) is 1. The third-order valence-corrected chi connectivity index (χ3v) is 2.95. The zero-order valence-corrected chi connectivity index (χ0v) is 9.73. The molecule has 0 amide bonds. The van der Waals surface area contributed by atoms with E-state index < -0.39 is 0 Å². The van der Waals surface area contributed by atoms with Gasteiger partial charge >= 0.3 is 0 Å². The van der Waals surface area contributed by atoms with Crippen molar-refractivity contribution in [2.24, 2.45) is 11.0 Å². The van der Waals surface area contributed by atoms with E-state index >= 15 is 0 Å². The minimum atomic E-state index is 0. The highest BCUT2D eigenvalue weighted by Crippen LogP contribution is 2.27. The topological polar surface area (TPSA) is 60.8 Å². The van der Waals surface area contributed by atoms with Crippen LogP contribution in [0.2, 0.25) is 0 Å². The lowest BCUT2D eigenvalue weighted by Crippen LogP contribution is -2.13. The van der Waals surface area contributed by atoms with Crippen molar-refractivity contribution in [1.82, 2.24) is 5.32 Å². The maximum absolute atomic E-state index is 8.32. The molecule has 1 N–H and O–H groups in total. The molecule has 0 radical (unpaired) electrons. The van der Waals surface area contributed by atoms with Crippen LogP contribution in [0.25, 0.3) is 10.4 Å². The highest BCUT2D eigenvalue weighted by Gasteiger charge is 2.27. The van der Waals surface area contributed by atoms with Crippen molar-refractivity contribution >= 4 is 12.4 Å². The van der Waals surface area contributed by atoms with Gasteiger partial charge in [0.15, 0.2) is 0 Å². The zero-order chi connectivity index (χ0) is 10.5. The molecule has 5 heteroatoms. The molecule has 4 nitrogen and oxygen atoms in total. The van der Waals surface area contributed by atoms with E-state index in [9.17, 15) is 0 Å². The molecule has 0 saturated carbocycles. The van der Waals surface area contributed by atoms with Gasteiger partial charge in [-0.2, -0.15) is 0 Å². The van der Waals surface area contributed by atoms with Crippen LogP contribution in [0.3, 0.4) is 0 Å². The van der Waals surface area contributed by atoms with Crippen LogP contribution in [0, 0.1) is 5.92 Å². The van der Waals surface area contributed by atoms with Crippen molar-refractivity contribution in [3.8, 4) is 0 Å². The van der Waals surface area contributed by atoms with Gasteiger partial charge in [-0.05, 0) is 23.6 Å². The first kappa shape index (κ1) is 12.8. The summed E-state index contributed by atoms with van der Waals surface area (Å²) in [6.07, 6.45) is 0. The summed E-state index contributed by atoms with van der Waals surface area (Å²) in [6.45, 7) is 2.51. The number of rotatable bonds is 3. The van der Waals surface area contributed by atoms with Crippen molar-refractivity contribution < 1.29 is 0 Å². The van der Waals surface area contributed by atoms with E-state index in [2.05, 4.69) is 39.6 Å². The van der Waals surface area contributed by atoms with Crippen LogP contribution in [-0.4, -0.2) is 19.6 Å². The third-order valence-electron chi connectivity index (χ3n) is 2.95. The summed E-state index contributed by atoms with van der Waals surface area (Å²) in [5.41, 5.74) is 9.66. The van der Waals surface area contributed by atoms with Gasteiger partial charge in [-0.25, -0.2) is 0 Å². The first-order valence-electron chi connectivity index (χ1n) is 5.18. The number of halogens is 1. The number of nitrogens with one attached hydrogen (secondary N) is 1. The Bertz CT molecular complexity index is 362. The molecule has 0 aromatic heterocycles. The van der Waals surface area contributed by atoms with Crippen LogP contribution < -0.4 is 5.32 Å². The van der Waals surface area contributed by atoms with E-state index in [1.54, 1.807) is 0 Å². The summed E-state index contributed by atoms with van der Waals surface area (Å²) >= 11 is 0. The van der Waals surface area contributed by atoms with Crippen LogP contribution in [0.15, 0.2) is 35.4 Å². The van der Waals surface area contributed by atoms with E-state index in [0.717, 1.165) is 13.1 Å². The molecule has 1 saturated heterocycles. The van der Waals surface area contributed by atoms with Crippen molar-refractivity contribution in [1.29, 1.82) is 0 Å². The van der Waals surface area contributed by atoms with Gasteiger partial charge in [0, 0.05) is 23.9 Å². The molecular formula is C11H15ClN4. The third kappa shape index (κ3) is 2.89. The van der Waals surface area contributed by atoms with Crippen molar-refractivity contribution in [3.63, 3.8) is 0 Å². The summed E-state index contributed by atoms with van der Waals surface area (Å²) in [5, 5.41) is 7.02. The summed E-state index contributed by atoms with van der Waals surface area (Å²) < 4.78 is 0. The van der Waals surface area contributed by atoms with Gasteiger partial charge in [0.1, 0.15) is 0 Å². The Hall–Kier alpha value is -1.22. The molecule has 86 valence electrons. The second-order valence-corrected chi connectivity index (χ2v) is 3.85. The minimum Gasteiger partial charge on any atom is -0.316 e. The highest BCUT2D eigenvalue weighted by atomic mass is 35.5. The standard InChI is InChI=1S/C11H14N4.ClH/c12-15-14-7-10-6-13-8-11(10)9-4-2-1-3-5-9;/h1-5,10-11,13H,6-8H2;1H. The Morgan fingerprint density at radius 1 is 1.31 bits per heavy atom.